The third-order valence-corrected chi connectivity index (χ3v) is 2.78. The monoisotopic (exact) mass is 320 g/mol. The molecule has 6 heteroatoms. The average Bonchev–Trinajstić information content (AvgIpc) is 2.34. The van der Waals surface area contributed by atoms with E-state index >= 15 is 0 Å². The van der Waals surface area contributed by atoms with Crippen LogP contribution in [0.3, 0.4) is 0 Å². The molecule has 11 heavy (non-hydrogen) atoms. The number of aromatic nitrogens is 4. The Hall–Kier alpha value is -0.162. The Bertz CT molecular complexity index is 398. The Morgan fingerprint density at radius 2 is 2.27 bits per heavy atom. The van der Waals surface area contributed by atoms with Crippen molar-refractivity contribution in [2.75, 3.05) is 0 Å². The predicted molar refractivity (Wildman–Crippen MR) is 49.8 cm³/mol. The van der Waals surface area contributed by atoms with Gasteiger partial charge in [-0.25, -0.2) is 0 Å². The third kappa shape index (κ3) is 1.16. The fourth-order valence-electron chi connectivity index (χ4n) is 0.806. The summed E-state index contributed by atoms with van der Waals surface area (Å²) in [4.78, 5) is 8.03. The molecule has 4 nitrogen and oxygen atoms in total. The van der Waals surface area contributed by atoms with Crippen LogP contribution >= 0.6 is 22.6 Å². The molecule has 0 aromatic carbocycles. The third-order valence-electron chi connectivity index (χ3n) is 1.29. The summed E-state index contributed by atoms with van der Waals surface area (Å²) in [6.07, 6.45) is 1.51. The van der Waals surface area contributed by atoms with Crippen molar-refractivity contribution in [1.82, 2.24) is 20.2 Å². The van der Waals surface area contributed by atoms with Crippen LogP contribution in [0.15, 0.2) is 6.33 Å². The van der Waals surface area contributed by atoms with Crippen LogP contribution in [0.2, 0.25) is 0 Å². The van der Waals surface area contributed by atoms with Gasteiger partial charge < -0.3 is 0 Å². The van der Waals surface area contributed by atoms with E-state index in [9.17, 15) is 0 Å². The summed E-state index contributed by atoms with van der Waals surface area (Å²) in [7, 11) is 0. The van der Waals surface area contributed by atoms with E-state index in [4.69, 9.17) is 0 Å². The first kappa shape index (κ1) is 7.49. The van der Waals surface area contributed by atoms with Gasteiger partial charge in [0, 0.05) is 0 Å². The molecule has 0 amide bonds. The molecule has 1 N–H and O–H groups in total. The summed E-state index contributed by atoms with van der Waals surface area (Å²) in [5.74, 6) is 0. The van der Waals surface area contributed by atoms with E-state index in [-0.39, 0.29) is 0 Å². The number of nitrogens with one attached hydrogen (secondary N) is 1. The first-order valence-corrected chi connectivity index (χ1v) is 4.84. The molecule has 54 valence electrons. The van der Waals surface area contributed by atoms with Gasteiger partial charge in [0.05, 0.1) is 0 Å². The van der Waals surface area contributed by atoms with Crippen LogP contribution < -0.4 is 4.48 Å². The van der Waals surface area contributed by atoms with Crippen molar-refractivity contribution in [2.45, 2.75) is 0 Å². The van der Waals surface area contributed by atoms with Gasteiger partial charge in [-0.05, 0) is 0 Å². The molecule has 0 fully saturated rings. The zero-order valence-electron chi connectivity index (χ0n) is 5.24. The molecule has 0 aliphatic heterocycles. The molecule has 2 radical (unpaired) electrons. The number of aromatic amines is 1. The standard InChI is InChI=1S/C5H2AsIN4/c6-3-2-4(7)10-11-5(2)9-1-8-3/h1H,(H,8,9,10,11). The first-order valence-electron chi connectivity index (χ1n) is 2.82. The van der Waals surface area contributed by atoms with Crippen LogP contribution in [0.1, 0.15) is 0 Å². The zero-order chi connectivity index (χ0) is 7.84. The number of fused-ring (bicyclic) bond motifs is 1. The van der Waals surface area contributed by atoms with Gasteiger partial charge in [-0.3, -0.25) is 0 Å². The van der Waals surface area contributed by atoms with E-state index in [0.29, 0.717) is 0 Å². The molecule has 2 aromatic rings. The second-order valence-corrected chi connectivity index (χ2v) is 3.90. The average molecular weight is 320 g/mol. The molecule has 0 aliphatic carbocycles. The van der Waals surface area contributed by atoms with E-state index in [1.807, 2.05) is 0 Å². The maximum absolute atomic E-state index is 4.04. The molecular formula is C5H2AsIN4. The van der Waals surface area contributed by atoms with Crippen molar-refractivity contribution >= 4 is 55.0 Å². The fourth-order valence-corrected chi connectivity index (χ4v) is 2.44. The zero-order valence-corrected chi connectivity index (χ0v) is 9.28. The molecule has 0 bridgehead atoms. The number of nitrogens with zero attached hydrogens (tertiary/aromatic N) is 3. The summed E-state index contributed by atoms with van der Waals surface area (Å²) in [6, 6.07) is 0. The summed E-state index contributed by atoms with van der Waals surface area (Å²) in [5.41, 5.74) is 0.722. The Kier molecular flexibility index (Phi) is 1.84. The van der Waals surface area contributed by atoms with Gasteiger partial charge in [-0.15, -0.1) is 0 Å². The van der Waals surface area contributed by atoms with E-state index in [1.165, 1.54) is 6.33 Å². The van der Waals surface area contributed by atoms with Crippen molar-refractivity contribution in [3.8, 4) is 0 Å². The molecule has 2 heterocycles. The van der Waals surface area contributed by atoms with Gasteiger partial charge in [0.1, 0.15) is 0 Å². The molecule has 2 aromatic heterocycles. The van der Waals surface area contributed by atoms with Crippen LogP contribution in [0.5, 0.6) is 0 Å². The van der Waals surface area contributed by atoms with Gasteiger partial charge in [0.15, 0.2) is 0 Å². The van der Waals surface area contributed by atoms with E-state index < -0.39 is 0 Å². The number of hydrogen-bond donors (Lipinski definition) is 1. The molecule has 2 rings (SSSR count). The van der Waals surface area contributed by atoms with Crippen LogP contribution in [-0.2, 0) is 0 Å². The van der Waals surface area contributed by atoms with Crippen LogP contribution in [0.4, 0.5) is 0 Å². The SMILES string of the molecule is [As]c1ncnc2n[nH]c(I)c12. The number of rotatable bonds is 0. The Morgan fingerprint density at radius 3 is 3.00 bits per heavy atom. The minimum atomic E-state index is 0.722. The fraction of sp³-hybridized carbons (Fsp3) is 0. The van der Waals surface area contributed by atoms with Gasteiger partial charge in [0.25, 0.3) is 0 Å². The number of hydrogen-bond acceptors (Lipinski definition) is 3. The predicted octanol–water partition coefficient (Wildman–Crippen LogP) is -0.249. The second-order valence-electron chi connectivity index (χ2n) is 1.93. The normalized spacial score (nSPS) is 10.7. The van der Waals surface area contributed by atoms with E-state index in [2.05, 4.69) is 59.6 Å². The second kappa shape index (κ2) is 2.71. The number of halogens is 1. The molecule has 0 saturated carbocycles. The van der Waals surface area contributed by atoms with Crippen molar-refractivity contribution in [1.29, 1.82) is 0 Å². The van der Waals surface area contributed by atoms with E-state index in [0.717, 1.165) is 19.2 Å². The molecule has 0 unspecified atom stereocenters. The van der Waals surface area contributed by atoms with Crippen molar-refractivity contribution < 1.29 is 0 Å². The molecule has 0 aliphatic rings. The Balaban J connectivity index is 2.96. The molecular weight excluding hydrogens is 318 g/mol. The summed E-state index contributed by atoms with van der Waals surface area (Å²) in [5, 5.41) is 7.82. The Labute approximate surface area is 84.8 Å². The van der Waals surface area contributed by atoms with Crippen molar-refractivity contribution in [3.63, 3.8) is 0 Å². The quantitative estimate of drug-likeness (QED) is 0.538. The van der Waals surface area contributed by atoms with Crippen molar-refractivity contribution in [3.05, 3.63) is 10.0 Å². The van der Waals surface area contributed by atoms with Crippen LogP contribution in [0.25, 0.3) is 11.0 Å². The maximum atomic E-state index is 4.04. The molecule has 0 spiro atoms. The van der Waals surface area contributed by atoms with E-state index in [1.54, 1.807) is 0 Å². The van der Waals surface area contributed by atoms with Gasteiger partial charge in [-0.2, -0.15) is 0 Å². The van der Waals surface area contributed by atoms with Crippen molar-refractivity contribution in [2.24, 2.45) is 0 Å². The summed E-state index contributed by atoms with van der Waals surface area (Å²) < 4.78 is 1.88. The van der Waals surface area contributed by atoms with Crippen LogP contribution in [0, 0.1) is 3.70 Å². The Morgan fingerprint density at radius 1 is 1.45 bits per heavy atom. The molecule has 0 atom stereocenters. The first-order chi connectivity index (χ1) is 5.29. The van der Waals surface area contributed by atoms with Gasteiger partial charge in [-0.1, -0.05) is 0 Å². The van der Waals surface area contributed by atoms with Gasteiger partial charge >= 0.3 is 85.2 Å². The topological polar surface area (TPSA) is 54.5 Å². The minimum absolute atomic E-state index is 0.722. The van der Waals surface area contributed by atoms with Gasteiger partial charge in [0.2, 0.25) is 0 Å². The van der Waals surface area contributed by atoms with Crippen LogP contribution in [-0.4, -0.2) is 37.0 Å². The molecule has 0 saturated heterocycles. The summed E-state index contributed by atoms with van der Waals surface area (Å²) >= 11 is 4.57. The number of H-pyrrole nitrogens is 1. The summed E-state index contributed by atoms with van der Waals surface area (Å²) in [6.45, 7) is 0.